The Labute approximate surface area is 122 Å². The number of para-hydroxylation sites is 1. The molecule has 0 atom stereocenters. The van der Waals surface area contributed by atoms with Gasteiger partial charge >= 0.3 is 0 Å². The average molecular weight is 278 g/mol. The molecule has 0 fully saturated rings. The molecule has 0 spiro atoms. The van der Waals surface area contributed by atoms with E-state index in [0.717, 1.165) is 11.3 Å². The molecule has 1 heterocycles. The summed E-state index contributed by atoms with van der Waals surface area (Å²) in [5.74, 6) is 0. The lowest BCUT2D eigenvalue weighted by Crippen LogP contribution is -2.01. The van der Waals surface area contributed by atoms with Crippen molar-refractivity contribution in [2.24, 2.45) is 5.16 Å². The van der Waals surface area contributed by atoms with Crippen LogP contribution in [0.3, 0.4) is 0 Å². The molecule has 1 aromatic heterocycles. The molecule has 3 rings (SSSR count). The van der Waals surface area contributed by atoms with Gasteiger partial charge in [0.1, 0.15) is 17.1 Å². The Morgan fingerprint density at radius 2 is 1.57 bits per heavy atom. The van der Waals surface area contributed by atoms with Gasteiger partial charge in [0.2, 0.25) is 0 Å². The van der Waals surface area contributed by atoms with Crippen molar-refractivity contribution in [3.05, 3.63) is 66.4 Å². The third-order valence-corrected chi connectivity index (χ3v) is 3.14. The molecule has 5 nitrogen and oxygen atoms in total. The third-order valence-electron chi connectivity index (χ3n) is 3.14. The van der Waals surface area contributed by atoms with Crippen LogP contribution in [-0.4, -0.2) is 25.9 Å². The highest BCUT2D eigenvalue weighted by Gasteiger charge is 2.16. The van der Waals surface area contributed by atoms with Crippen LogP contribution < -0.4 is 0 Å². The first-order valence-electron chi connectivity index (χ1n) is 6.57. The summed E-state index contributed by atoms with van der Waals surface area (Å²) in [4.78, 5) is 1.55. The van der Waals surface area contributed by atoms with E-state index in [0.29, 0.717) is 17.1 Å². The molecule has 0 aliphatic rings. The highest BCUT2D eigenvalue weighted by molar-refractivity contribution is 6.01. The lowest BCUT2D eigenvalue weighted by Gasteiger charge is -1.98. The van der Waals surface area contributed by atoms with Gasteiger partial charge in [-0.3, -0.25) is 0 Å². The maximum Gasteiger partial charge on any atom is 0.138 e. The van der Waals surface area contributed by atoms with E-state index in [-0.39, 0.29) is 0 Å². The predicted octanol–water partition coefficient (Wildman–Crippen LogP) is 3.13. The van der Waals surface area contributed by atoms with Crippen molar-refractivity contribution in [2.75, 3.05) is 0 Å². The fraction of sp³-hybridized carbons (Fsp3) is 0.0625. The zero-order valence-electron chi connectivity index (χ0n) is 11.5. The normalized spacial score (nSPS) is 11.6. The minimum Gasteiger partial charge on any atom is -0.411 e. The lowest BCUT2D eigenvalue weighted by atomic mass is 10.1. The highest BCUT2D eigenvalue weighted by Crippen LogP contribution is 2.21. The lowest BCUT2D eigenvalue weighted by molar-refractivity contribution is 0.319. The molecule has 0 saturated carbocycles. The molecule has 0 bridgehead atoms. The van der Waals surface area contributed by atoms with E-state index < -0.39 is 0 Å². The van der Waals surface area contributed by atoms with Crippen LogP contribution in [0.5, 0.6) is 0 Å². The average Bonchev–Trinajstić information content (AvgIpc) is 3.01. The van der Waals surface area contributed by atoms with E-state index in [4.69, 9.17) is 5.21 Å². The zero-order chi connectivity index (χ0) is 14.7. The monoisotopic (exact) mass is 278 g/mol. The highest BCUT2D eigenvalue weighted by atomic mass is 16.4. The third kappa shape index (κ3) is 2.53. The van der Waals surface area contributed by atoms with E-state index in [1.807, 2.05) is 60.7 Å². The summed E-state index contributed by atoms with van der Waals surface area (Å²) in [7, 11) is 0. The van der Waals surface area contributed by atoms with Gasteiger partial charge in [-0.15, -0.1) is 10.2 Å². The Bertz CT molecular complexity index is 763. The van der Waals surface area contributed by atoms with Gasteiger partial charge in [0, 0.05) is 5.56 Å². The van der Waals surface area contributed by atoms with Crippen molar-refractivity contribution < 1.29 is 5.21 Å². The van der Waals surface area contributed by atoms with Gasteiger partial charge in [0.15, 0.2) is 0 Å². The Hall–Kier alpha value is -2.95. The summed E-state index contributed by atoms with van der Waals surface area (Å²) in [5.41, 5.74) is 3.46. The van der Waals surface area contributed by atoms with Crippen molar-refractivity contribution in [3.63, 3.8) is 0 Å². The van der Waals surface area contributed by atoms with Gasteiger partial charge in [-0.25, -0.2) is 0 Å². The summed E-state index contributed by atoms with van der Waals surface area (Å²) >= 11 is 0. The number of rotatable bonds is 3. The number of nitrogens with zero attached hydrogens (tertiary/aromatic N) is 4. The van der Waals surface area contributed by atoms with E-state index in [9.17, 15) is 0 Å². The minimum absolute atomic E-state index is 0.427. The summed E-state index contributed by atoms with van der Waals surface area (Å²) in [6.07, 6.45) is 0. The van der Waals surface area contributed by atoms with Gasteiger partial charge in [0.05, 0.1) is 5.69 Å². The van der Waals surface area contributed by atoms with Crippen LogP contribution >= 0.6 is 0 Å². The van der Waals surface area contributed by atoms with Gasteiger partial charge in [-0.05, 0) is 19.1 Å². The van der Waals surface area contributed by atoms with E-state index in [2.05, 4.69) is 15.4 Å². The van der Waals surface area contributed by atoms with Gasteiger partial charge in [-0.1, -0.05) is 53.7 Å². The second-order valence-electron chi connectivity index (χ2n) is 4.57. The molecule has 0 amide bonds. The summed E-state index contributed by atoms with van der Waals surface area (Å²) < 4.78 is 0. The smallest absolute Gasteiger partial charge is 0.138 e. The van der Waals surface area contributed by atoms with Crippen molar-refractivity contribution >= 4 is 5.71 Å². The predicted molar refractivity (Wildman–Crippen MR) is 80.8 cm³/mol. The largest absolute Gasteiger partial charge is 0.411 e. The maximum absolute atomic E-state index is 9.05. The first-order valence-corrected chi connectivity index (χ1v) is 6.57. The number of benzene rings is 2. The number of oxime groups is 1. The fourth-order valence-corrected chi connectivity index (χ4v) is 2.06. The first kappa shape index (κ1) is 13.1. The Kier molecular flexibility index (Phi) is 3.47. The molecule has 5 heteroatoms. The van der Waals surface area contributed by atoms with Crippen molar-refractivity contribution in [1.29, 1.82) is 0 Å². The first-order chi connectivity index (χ1) is 10.3. The molecule has 0 saturated heterocycles. The number of hydrogen-bond acceptors (Lipinski definition) is 4. The van der Waals surface area contributed by atoms with Gasteiger partial charge < -0.3 is 5.21 Å². The molecule has 21 heavy (non-hydrogen) atoms. The maximum atomic E-state index is 9.05. The Morgan fingerprint density at radius 3 is 2.19 bits per heavy atom. The van der Waals surface area contributed by atoms with Crippen LogP contribution in [0.25, 0.3) is 16.9 Å². The van der Waals surface area contributed by atoms with Crippen LogP contribution in [-0.2, 0) is 0 Å². The van der Waals surface area contributed by atoms with E-state index in [1.165, 1.54) is 0 Å². The molecule has 2 aromatic carbocycles. The second-order valence-corrected chi connectivity index (χ2v) is 4.57. The topological polar surface area (TPSA) is 63.3 Å². The number of hydrogen-bond donors (Lipinski definition) is 1. The van der Waals surface area contributed by atoms with Crippen LogP contribution in [0.2, 0.25) is 0 Å². The van der Waals surface area contributed by atoms with Gasteiger partial charge in [0.25, 0.3) is 0 Å². The Morgan fingerprint density at radius 1 is 0.952 bits per heavy atom. The fourth-order valence-electron chi connectivity index (χ4n) is 2.06. The molecule has 0 radical (unpaired) electrons. The minimum atomic E-state index is 0.427. The standard InChI is InChI=1S/C16H14N4O/c1-12(19-21)15-16(13-8-4-2-5-9-13)18-20(17-15)14-10-6-3-7-11-14/h2-11,21H,1H3/b19-12+. The SMILES string of the molecule is C/C(=N\O)c1nn(-c2ccccc2)nc1-c1ccccc1. The number of aromatic nitrogens is 3. The van der Waals surface area contributed by atoms with E-state index >= 15 is 0 Å². The zero-order valence-corrected chi connectivity index (χ0v) is 11.5. The second kappa shape index (κ2) is 5.58. The van der Waals surface area contributed by atoms with Crippen LogP contribution in [0.1, 0.15) is 12.6 Å². The van der Waals surface area contributed by atoms with Crippen LogP contribution in [0, 0.1) is 0 Å². The van der Waals surface area contributed by atoms with Crippen molar-refractivity contribution in [1.82, 2.24) is 15.0 Å². The molecule has 0 unspecified atom stereocenters. The quantitative estimate of drug-likeness (QED) is 0.455. The molecule has 104 valence electrons. The van der Waals surface area contributed by atoms with Crippen LogP contribution in [0.4, 0.5) is 0 Å². The Balaban J connectivity index is 2.17. The summed E-state index contributed by atoms with van der Waals surface area (Å²) in [5, 5.41) is 21.3. The molecular formula is C16H14N4O. The van der Waals surface area contributed by atoms with Crippen molar-refractivity contribution in [3.8, 4) is 16.9 Å². The molecule has 1 N–H and O–H groups in total. The summed E-state index contributed by atoms with van der Waals surface area (Å²) in [6, 6.07) is 19.3. The van der Waals surface area contributed by atoms with Gasteiger partial charge in [-0.2, -0.15) is 4.80 Å². The molecule has 3 aromatic rings. The molecule has 0 aliphatic carbocycles. The van der Waals surface area contributed by atoms with Crippen LogP contribution in [0.15, 0.2) is 65.8 Å². The van der Waals surface area contributed by atoms with E-state index in [1.54, 1.807) is 11.7 Å². The molecule has 0 aliphatic heterocycles. The summed E-state index contributed by atoms with van der Waals surface area (Å²) in [6.45, 7) is 1.70. The van der Waals surface area contributed by atoms with Crippen molar-refractivity contribution in [2.45, 2.75) is 6.92 Å². The molecular weight excluding hydrogens is 264 g/mol.